The Balaban J connectivity index is 0.000000640. The highest BCUT2D eigenvalue weighted by molar-refractivity contribution is 5.85. The van der Waals surface area contributed by atoms with Gasteiger partial charge in [-0.3, -0.25) is 0 Å². The molecule has 0 saturated carbocycles. The van der Waals surface area contributed by atoms with Gasteiger partial charge < -0.3 is 0 Å². The van der Waals surface area contributed by atoms with Gasteiger partial charge in [0.2, 0.25) is 0 Å². The van der Waals surface area contributed by atoms with Crippen LogP contribution in [0, 0.1) is 0 Å². The Labute approximate surface area is 61.7 Å². The summed E-state index contributed by atoms with van der Waals surface area (Å²) in [6, 6.07) is 6.08. The van der Waals surface area contributed by atoms with Crippen molar-refractivity contribution in [3.8, 4) is 0 Å². The molecule has 0 atom stereocenters. The topological polar surface area (TPSA) is 3.88 Å². The van der Waals surface area contributed by atoms with Gasteiger partial charge in [0.05, 0.1) is 0 Å². The molecule has 0 spiro atoms. The van der Waals surface area contributed by atoms with Crippen LogP contribution in [0.1, 0.15) is 6.92 Å². The van der Waals surface area contributed by atoms with E-state index in [0.29, 0.717) is 0 Å². The maximum absolute atomic E-state index is 2.12. The summed E-state index contributed by atoms with van der Waals surface area (Å²) in [6.45, 7) is 3.18. The van der Waals surface area contributed by atoms with Crippen LogP contribution in [0.5, 0.6) is 0 Å². The smallest absolute Gasteiger partial charge is 0.168 e. The summed E-state index contributed by atoms with van der Waals surface area (Å²) in [6.07, 6.45) is 4.11. The van der Waals surface area contributed by atoms with Crippen molar-refractivity contribution in [2.45, 2.75) is 13.5 Å². The van der Waals surface area contributed by atoms with E-state index in [9.17, 15) is 0 Å². The van der Waals surface area contributed by atoms with Gasteiger partial charge in [0, 0.05) is 12.1 Å². The highest BCUT2D eigenvalue weighted by Gasteiger charge is 1.86. The molecule has 0 unspecified atom stereocenters. The predicted octanol–water partition coefficient (Wildman–Crippen LogP) is 1.42. The second-order valence-electron chi connectivity index (χ2n) is 1.71. The molecule has 0 aromatic carbocycles. The molecule has 0 fully saturated rings. The lowest BCUT2D eigenvalue weighted by Crippen LogP contribution is -2.30. The second kappa shape index (κ2) is 4.33. The molecule has 9 heavy (non-hydrogen) atoms. The third-order valence-corrected chi connectivity index (χ3v) is 1.14. The van der Waals surface area contributed by atoms with Gasteiger partial charge in [0.1, 0.15) is 6.54 Å². The van der Waals surface area contributed by atoms with Crippen molar-refractivity contribution in [1.29, 1.82) is 0 Å². The van der Waals surface area contributed by atoms with Gasteiger partial charge in [-0.25, -0.2) is 4.57 Å². The summed E-state index contributed by atoms with van der Waals surface area (Å²) in [5.41, 5.74) is 0. The van der Waals surface area contributed by atoms with E-state index in [1.807, 2.05) is 18.2 Å². The zero-order chi connectivity index (χ0) is 5.82. The van der Waals surface area contributed by atoms with E-state index in [1.165, 1.54) is 0 Å². The van der Waals surface area contributed by atoms with Crippen molar-refractivity contribution in [3.05, 3.63) is 30.6 Å². The number of halogens is 1. The fourth-order valence-electron chi connectivity index (χ4n) is 0.645. The Morgan fingerprint density at radius 2 is 1.67 bits per heavy atom. The van der Waals surface area contributed by atoms with E-state index >= 15 is 0 Å². The van der Waals surface area contributed by atoms with Crippen LogP contribution in [0.2, 0.25) is 0 Å². The molecule has 0 bridgehead atoms. The maximum Gasteiger partial charge on any atom is 0.168 e. The molecule has 0 radical (unpaired) electrons. The number of hydrogen-bond acceptors (Lipinski definition) is 0. The van der Waals surface area contributed by atoms with Crippen molar-refractivity contribution in [2.75, 3.05) is 0 Å². The largest absolute Gasteiger partial charge is 0.205 e. The average molecular weight is 145 g/mol. The van der Waals surface area contributed by atoms with Crippen LogP contribution in [0.15, 0.2) is 30.6 Å². The number of hydrogen-bond donors (Lipinski definition) is 0. The van der Waals surface area contributed by atoms with Crippen molar-refractivity contribution in [2.24, 2.45) is 0 Å². The number of aryl methyl sites for hydroxylation is 1. The SMILES string of the molecule is CC[n+]1ccccc1.Cl. The van der Waals surface area contributed by atoms with Gasteiger partial charge in [-0.2, -0.15) is 0 Å². The molecule has 0 amide bonds. The van der Waals surface area contributed by atoms with Crippen LogP contribution in [-0.4, -0.2) is 0 Å². The minimum atomic E-state index is 0. The molecule has 1 rings (SSSR count). The van der Waals surface area contributed by atoms with Gasteiger partial charge in [0.25, 0.3) is 0 Å². The zero-order valence-corrected chi connectivity index (χ0v) is 6.27. The maximum atomic E-state index is 2.12. The molecule has 1 aromatic rings. The lowest BCUT2D eigenvalue weighted by Gasteiger charge is -1.84. The fourth-order valence-corrected chi connectivity index (χ4v) is 0.645. The van der Waals surface area contributed by atoms with Gasteiger partial charge in [-0.1, -0.05) is 6.07 Å². The van der Waals surface area contributed by atoms with Crippen molar-refractivity contribution in [1.82, 2.24) is 0 Å². The van der Waals surface area contributed by atoms with Crippen LogP contribution in [0.3, 0.4) is 0 Å². The third-order valence-electron chi connectivity index (χ3n) is 1.14. The molecule has 0 saturated heterocycles. The first-order valence-corrected chi connectivity index (χ1v) is 2.87. The molecule has 50 valence electrons. The highest BCUT2D eigenvalue weighted by Crippen LogP contribution is 1.74. The summed E-state index contributed by atoms with van der Waals surface area (Å²) in [7, 11) is 0. The highest BCUT2D eigenvalue weighted by atomic mass is 35.5. The molecule has 1 heterocycles. The van der Waals surface area contributed by atoms with Crippen LogP contribution < -0.4 is 4.57 Å². The van der Waals surface area contributed by atoms with Gasteiger partial charge in [0.15, 0.2) is 12.4 Å². The summed E-state index contributed by atoms with van der Waals surface area (Å²) in [5.74, 6) is 0. The van der Waals surface area contributed by atoms with E-state index in [1.54, 1.807) is 0 Å². The lowest BCUT2D eigenvalue weighted by molar-refractivity contribution is -0.693. The second-order valence-corrected chi connectivity index (χ2v) is 1.71. The molecule has 0 N–H and O–H groups in total. The van der Waals surface area contributed by atoms with Crippen molar-refractivity contribution < 1.29 is 4.57 Å². The molecule has 1 nitrogen and oxygen atoms in total. The molecule has 0 aliphatic heterocycles. The number of pyridine rings is 1. The van der Waals surface area contributed by atoms with Crippen molar-refractivity contribution >= 4 is 12.4 Å². The number of nitrogens with zero attached hydrogens (tertiary/aromatic N) is 1. The van der Waals surface area contributed by atoms with Crippen LogP contribution in [0.4, 0.5) is 0 Å². The van der Waals surface area contributed by atoms with Crippen LogP contribution >= 0.6 is 12.4 Å². The lowest BCUT2D eigenvalue weighted by atomic mass is 10.5. The molecule has 1 aromatic heterocycles. The minimum absolute atomic E-state index is 0. The first kappa shape index (κ1) is 8.44. The first-order chi connectivity index (χ1) is 3.93. The minimum Gasteiger partial charge on any atom is -0.205 e. The standard InChI is InChI=1S/C7H10N.ClH/c1-2-8-6-4-3-5-7-8;/h3-7H,2H2,1H3;1H/q+1;. The van der Waals surface area contributed by atoms with Crippen LogP contribution in [-0.2, 0) is 6.54 Å². The molecular weight excluding hydrogens is 134 g/mol. The number of rotatable bonds is 1. The first-order valence-electron chi connectivity index (χ1n) is 2.87. The quantitative estimate of drug-likeness (QED) is 0.525. The summed E-state index contributed by atoms with van der Waals surface area (Å²) in [5, 5.41) is 0. The summed E-state index contributed by atoms with van der Waals surface area (Å²) < 4.78 is 2.12. The van der Waals surface area contributed by atoms with E-state index in [-0.39, 0.29) is 12.4 Å². The molecular formula is C7H11ClN+. The number of aromatic nitrogens is 1. The normalized spacial score (nSPS) is 8.11. The third kappa shape index (κ3) is 2.47. The van der Waals surface area contributed by atoms with Crippen molar-refractivity contribution in [3.63, 3.8) is 0 Å². The van der Waals surface area contributed by atoms with Gasteiger partial charge in [-0.05, 0) is 6.92 Å². The Bertz CT molecular complexity index is 150. The Morgan fingerprint density at radius 3 is 2.00 bits per heavy atom. The molecule has 0 aliphatic carbocycles. The van der Waals surface area contributed by atoms with E-state index in [4.69, 9.17) is 0 Å². The Kier molecular flexibility index (Phi) is 4.06. The van der Waals surface area contributed by atoms with E-state index in [0.717, 1.165) is 6.54 Å². The van der Waals surface area contributed by atoms with Crippen LogP contribution in [0.25, 0.3) is 0 Å². The van der Waals surface area contributed by atoms with E-state index in [2.05, 4.69) is 23.9 Å². The fraction of sp³-hybridized carbons (Fsp3) is 0.286. The van der Waals surface area contributed by atoms with Gasteiger partial charge >= 0.3 is 0 Å². The average Bonchev–Trinajstić information content (AvgIpc) is 1.90. The monoisotopic (exact) mass is 144 g/mol. The molecule has 0 aliphatic rings. The Morgan fingerprint density at radius 1 is 1.11 bits per heavy atom. The van der Waals surface area contributed by atoms with E-state index < -0.39 is 0 Å². The zero-order valence-electron chi connectivity index (χ0n) is 5.45. The molecule has 2 heteroatoms. The summed E-state index contributed by atoms with van der Waals surface area (Å²) >= 11 is 0. The van der Waals surface area contributed by atoms with Gasteiger partial charge in [-0.15, -0.1) is 12.4 Å². The summed E-state index contributed by atoms with van der Waals surface area (Å²) in [4.78, 5) is 0. The predicted molar refractivity (Wildman–Crippen MR) is 39.6 cm³/mol. The Hall–Kier alpha value is -0.560.